The SMILES string of the molecule is CCCCN(CCCC)[C@H](C)CO. The van der Waals surface area contributed by atoms with E-state index in [0.717, 1.165) is 13.1 Å². The first kappa shape index (κ1) is 12.9. The zero-order valence-electron chi connectivity index (χ0n) is 9.42. The first-order chi connectivity index (χ1) is 6.26. The van der Waals surface area contributed by atoms with Crippen LogP contribution >= 0.6 is 0 Å². The largest absolute Gasteiger partial charge is 0.395 e. The zero-order chi connectivity index (χ0) is 10.1. The van der Waals surface area contributed by atoms with Crippen LogP contribution in [0.5, 0.6) is 0 Å². The second-order valence-corrected chi connectivity index (χ2v) is 3.77. The van der Waals surface area contributed by atoms with E-state index in [4.69, 9.17) is 5.11 Å². The van der Waals surface area contributed by atoms with Gasteiger partial charge in [0.1, 0.15) is 0 Å². The van der Waals surface area contributed by atoms with E-state index in [2.05, 4.69) is 25.7 Å². The molecule has 80 valence electrons. The summed E-state index contributed by atoms with van der Waals surface area (Å²) in [7, 11) is 0. The Labute approximate surface area is 82.9 Å². The smallest absolute Gasteiger partial charge is 0.0584 e. The Morgan fingerprint density at radius 2 is 1.54 bits per heavy atom. The highest BCUT2D eigenvalue weighted by Crippen LogP contribution is 2.04. The molecule has 0 aromatic heterocycles. The van der Waals surface area contributed by atoms with Crippen LogP contribution in [0.2, 0.25) is 0 Å². The Bertz CT molecular complexity index is 98.3. The lowest BCUT2D eigenvalue weighted by molar-refractivity contribution is 0.131. The van der Waals surface area contributed by atoms with Crippen molar-refractivity contribution in [2.45, 2.75) is 52.5 Å². The van der Waals surface area contributed by atoms with Crippen LogP contribution in [0.15, 0.2) is 0 Å². The van der Waals surface area contributed by atoms with Crippen LogP contribution in [0.25, 0.3) is 0 Å². The molecule has 0 spiro atoms. The summed E-state index contributed by atoms with van der Waals surface area (Å²) in [6.45, 7) is 9.08. The highest BCUT2D eigenvalue weighted by Gasteiger charge is 2.10. The molecule has 0 unspecified atom stereocenters. The van der Waals surface area contributed by atoms with Crippen molar-refractivity contribution in [3.63, 3.8) is 0 Å². The first-order valence-electron chi connectivity index (χ1n) is 5.61. The third kappa shape index (κ3) is 6.05. The first-order valence-corrected chi connectivity index (χ1v) is 5.61. The molecule has 0 saturated carbocycles. The summed E-state index contributed by atoms with van der Waals surface area (Å²) in [4.78, 5) is 2.40. The van der Waals surface area contributed by atoms with Gasteiger partial charge < -0.3 is 5.11 Å². The minimum Gasteiger partial charge on any atom is -0.395 e. The van der Waals surface area contributed by atoms with Crippen LogP contribution in [0.3, 0.4) is 0 Å². The van der Waals surface area contributed by atoms with Crippen molar-refractivity contribution in [3.8, 4) is 0 Å². The Morgan fingerprint density at radius 1 is 1.08 bits per heavy atom. The van der Waals surface area contributed by atoms with Gasteiger partial charge in [-0.3, -0.25) is 4.90 Å². The zero-order valence-corrected chi connectivity index (χ0v) is 9.42. The highest BCUT2D eigenvalue weighted by molar-refractivity contribution is 4.65. The van der Waals surface area contributed by atoms with E-state index in [9.17, 15) is 0 Å². The quantitative estimate of drug-likeness (QED) is 0.630. The average molecular weight is 187 g/mol. The molecule has 0 aliphatic rings. The number of aliphatic hydroxyl groups is 1. The Morgan fingerprint density at radius 3 is 1.85 bits per heavy atom. The van der Waals surface area contributed by atoms with Gasteiger partial charge in [0.25, 0.3) is 0 Å². The van der Waals surface area contributed by atoms with E-state index in [1.165, 1.54) is 25.7 Å². The minimum atomic E-state index is 0.285. The molecule has 0 radical (unpaired) electrons. The van der Waals surface area contributed by atoms with Gasteiger partial charge in [-0.25, -0.2) is 0 Å². The van der Waals surface area contributed by atoms with Crippen LogP contribution < -0.4 is 0 Å². The number of nitrogens with zero attached hydrogens (tertiary/aromatic N) is 1. The van der Waals surface area contributed by atoms with Crippen molar-refractivity contribution in [2.24, 2.45) is 0 Å². The van der Waals surface area contributed by atoms with Gasteiger partial charge in [-0.2, -0.15) is 0 Å². The lowest BCUT2D eigenvalue weighted by Gasteiger charge is -2.27. The number of unbranched alkanes of at least 4 members (excludes halogenated alkanes) is 2. The maximum atomic E-state index is 9.06. The molecule has 0 aliphatic carbocycles. The van der Waals surface area contributed by atoms with E-state index >= 15 is 0 Å². The maximum absolute atomic E-state index is 9.06. The van der Waals surface area contributed by atoms with Crippen molar-refractivity contribution in [3.05, 3.63) is 0 Å². The summed E-state index contributed by atoms with van der Waals surface area (Å²) >= 11 is 0. The Kier molecular flexibility index (Phi) is 8.46. The van der Waals surface area contributed by atoms with Crippen molar-refractivity contribution < 1.29 is 5.11 Å². The molecule has 0 fully saturated rings. The molecule has 0 aromatic rings. The third-order valence-corrected chi connectivity index (χ3v) is 2.49. The summed E-state index contributed by atoms with van der Waals surface area (Å²) in [5.41, 5.74) is 0. The number of hydrogen-bond donors (Lipinski definition) is 1. The second-order valence-electron chi connectivity index (χ2n) is 3.77. The van der Waals surface area contributed by atoms with E-state index in [1.54, 1.807) is 0 Å². The Hall–Kier alpha value is -0.0800. The van der Waals surface area contributed by atoms with Crippen molar-refractivity contribution >= 4 is 0 Å². The van der Waals surface area contributed by atoms with E-state index in [-0.39, 0.29) is 6.61 Å². The molecule has 1 N–H and O–H groups in total. The topological polar surface area (TPSA) is 23.5 Å². The van der Waals surface area contributed by atoms with Crippen LogP contribution in [0.1, 0.15) is 46.5 Å². The molecule has 0 amide bonds. The molecule has 13 heavy (non-hydrogen) atoms. The summed E-state index contributed by atoms with van der Waals surface area (Å²) in [6, 6.07) is 0.332. The van der Waals surface area contributed by atoms with Crippen molar-refractivity contribution in [1.29, 1.82) is 0 Å². The fourth-order valence-corrected chi connectivity index (χ4v) is 1.39. The average Bonchev–Trinajstić information content (AvgIpc) is 2.17. The molecule has 2 heteroatoms. The summed E-state index contributed by atoms with van der Waals surface area (Å²) in [5.74, 6) is 0. The second kappa shape index (κ2) is 8.52. The number of hydrogen-bond acceptors (Lipinski definition) is 2. The van der Waals surface area contributed by atoms with Crippen molar-refractivity contribution in [2.75, 3.05) is 19.7 Å². The summed E-state index contributed by atoms with van der Waals surface area (Å²) < 4.78 is 0. The summed E-state index contributed by atoms with van der Waals surface area (Å²) in [6.07, 6.45) is 4.96. The highest BCUT2D eigenvalue weighted by atomic mass is 16.3. The van der Waals surface area contributed by atoms with Gasteiger partial charge in [0.05, 0.1) is 6.61 Å². The lowest BCUT2D eigenvalue weighted by Crippen LogP contribution is -2.37. The predicted octanol–water partition coefficient (Wildman–Crippen LogP) is 2.27. The monoisotopic (exact) mass is 187 g/mol. The molecule has 0 rings (SSSR count). The fourth-order valence-electron chi connectivity index (χ4n) is 1.39. The van der Waals surface area contributed by atoms with Gasteiger partial charge in [0.2, 0.25) is 0 Å². The van der Waals surface area contributed by atoms with Gasteiger partial charge in [0, 0.05) is 6.04 Å². The predicted molar refractivity (Wildman–Crippen MR) is 57.9 cm³/mol. The van der Waals surface area contributed by atoms with Gasteiger partial charge in [-0.15, -0.1) is 0 Å². The molecule has 0 heterocycles. The Balaban J connectivity index is 3.72. The van der Waals surface area contributed by atoms with E-state index < -0.39 is 0 Å². The van der Waals surface area contributed by atoms with E-state index in [1.807, 2.05) is 0 Å². The third-order valence-electron chi connectivity index (χ3n) is 2.49. The van der Waals surface area contributed by atoms with Crippen LogP contribution in [-0.2, 0) is 0 Å². The van der Waals surface area contributed by atoms with Gasteiger partial charge >= 0.3 is 0 Å². The molecule has 1 atom stereocenters. The standard InChI is InChI=1S/C11H25NO/c1-4-6-8-12(9-7-5-2)11(3)10-13/h11,13H,4-10H2,1-3H3/t11-/m1/s1. The minimum absolute atomic E-state index is 0.285. The molecule has 0 aliphatic heterocycles. The molecular weight excluding hydrogens is 162 g/mol. The molecule has 0 aromatic carbocycles. The summed E-state index contributed by atoms with van der Waals surface area (Å²) in [5, 5.41) is 9.06. The lowest BCUT2D eigenvalue weighted by atomic mass is 10.2. The molecule has 0 saturated heterocycles. The number of aliphatic hydroxyl groups excluding tert-OH is 1. The van der Waals surface area contributed by atoms with Crippen LogP contribution in [-0.4, -0.2) is 35.7 Å². The fraction of sp³-hybridized carbons (Fsp3) is 1.00. The maximum Gasteiger partial charge on any atom is 0.0584 e. The van der Waals surface area contributed by atoms with E-state index in [0.29, 0.717) is 6.04 Å². The molecule has 0 bridgehead atoms. The van der Waals surface area contributed by atoms with Crippen molar-refractivity contribution in [1.82, 2.24) is 4.90 Å². The van der Waals surface area contributed by atoms with Gasteiger partial charge in [0.15, 0.2) is 0 Å². The van der Waals surface area contributed by atoms with Crippen LogP contribution in [0.4, 0.5) is 0 Å². The molecular formula is C11H25NO. The van der Waals surface area contributed by atoms with Gasteiger partial charge in [-0.1, -0.05) is 26.7 Å². The van der Waals surface area contributed by atoms with Crippen LogP contribution in [0, 0.1) is 0 Å². The van der Waals surface area contributed by atoms with Gasteiger partial charge in [-0.05, 0) is 32.9 Å². The number of rotatable bonds is 8. The normalized spacial score (nSPS) is 13.6. The molecule has 2 nitrogen and oxygen atoms in total.